The zero-order valence-electron chi connectivity index (χ0n) is 13.0. The lowest BCUT2D eigenvalue weighted by molar-refractivity contribution is 0.415. The lowest BCUT2D eigenvalue weighted by atomic mass is 10.1. The van der Waals surface area contributed by atoms with Crippen LogP contribution in [-0.2, 0) is 0 Å². The molecule has 0 amide bonds. The molecule has 2 heterocycles. The highest BCUT2D eigenvalue weighted by atomic mass is 19.1. The van der Waals surface area contributed by atoms with Crippen molar-refractivity contribution in [3.63, 3.8) is 0 Å². The average Bonchev–Trinajstić information content (AvgIpc) is 3.05. The summed E-state index contributed by atoms with van der Waals surface area (Å²) in [5.74, 6) is 1.29. The molecule has 0 aliphatic heterocycles. The molecule has 118 valence electrons. The Bertz CT molecular complexity index is 991. The molecule has 0 aliphatic carbocycles. The van der Waals surface area contributed by atoms with Crippen molar-refractivity contribution in [2.45, 2.75) is 0 Å². The summed E-state index contributed by atoms with van der Waals surface area (Å²) in [6, 6.07) is 16.0. The molecule has 0 saturated carbocycles. The topological polar surface area (TPSA) is 50.8 Å². The molecule has 0 radical (unpaired) electrons. The van der Waals surface area contributed by atoms with Crippen molar-refractivity contribution in [3.8, 4) is 28.3 Å². The molecule has 0 unspecified atom stereocenters. The number of halogens is 1. The molecule has 4 rings (SSSR count). The molecule has 2 aromatic carbocycles. The van der Waals surface area contributed by atoms with Crippen LogP contribution in [-0.4, -0.2) is 22.1 Å². The number of aromatic nitrogens is 3. The van der Waals surface area contributed by atoms with Crippen LogP contribution in [0.3, 0.4) is 0 Å². The largest absolute Gasteiger partial charge is 0.497 e. The van der Waals surface area contributed by atoms with Crippen molar-refractivity contribution in [2.24, 2.45) is 0 Å². The first kappa shape index (κ1) is 14.4. The van der Waals surface area contributed by atoms with Gasteiger partial charge in [0.2, 0.25) is 0 Å². The van der Waals surface area contributed by atoms with E-state index in [1.165, 1.54) is 12.1 Å². The molecule has 0 bridgehead atoms. The van der Waals surface area contributed by atoms with Crippen LogP contribution in [0.1, 0.15) is 0 Å². The lowest BCUT2D eigenvalue weighted by Gasteiger charge is -2.00. The number of ether oxygens (including phenoxy) is 1. The van der Waals surface area contributed by atoms with E-state index in [9.17, 15) is 4.39 Å². The van der Waals surface area contributed by atoms with E-state index in [4.69, 9.17) is 4.74 Å². The summed E-state index contributed by atoms with van der Waals surface area (Å²) in [7, 11) is 1.64. The van der Waals surface area contributed by atoms with Crippen LogP contribution in [0.5, 0.6) is 5.75 Å². The maximum Gasteiger partial charge on any atom is 0.178 e. The van der Waals surface area contributed by atoms with E-state index >= 15 is 0 Å². The van der Waals surface area contributed by atoms with Gasteiger partial charge in [0.15, 0.2) is 5.65 Å². The molecule has 1 N–H and O–H groups in total. The third kappa shape index (κ3) is 2.60. The molecule has 5 heteroatoms. The molecule has 2 aromatic heterocycles. The van der Waals surface area contributed by atoms with Crippen molar-refractivity contribution >= 4 is 11.2 Å². The van der Waals surface area contributed by atoms with Crippen LogP contribution in [0.15, 0.2) is 60.8 Å². The Kier molecular flexibility index (Phi) is 3.46. The van der Waals surface area contributed by atoms with Crippen molar-refractivity contribution in [2.75, 3.05) is 7.11 Å². The number of hydrogen-bond acceptors (Lipinski definition) is 3. The summed E-state index contributed by atoms with van der Waals surface area (Å²) in [6.07, 6.45) is 1.74. The van der Waals surface area contributed by atoms with Crippen LogP contribution in [0, 0.1) is 5.82 Å². The molecule has 0 saturated heterocycles. The van der Waals surface area contributed by atoms with Gasteiger partial charge in [0.25, 0.3) is 0 Å². The standard InChI is InChI=1S/C19H14FN3O/c1-24-16-8-4-13(5-9-16)18-22-17-10-14(11-21-19(17)23-18)12-2-6-15(20)7-3-12/h2-11H,1H3,(H,21,22,23). The smallest absolute Gasteiger partial charge is 0.178 e. The van der Waals surface area contributed by atoms with Crippen LogP contribution in [0.25, 0.3) is 33.7 Å². The first-order chi connectivity index (χ1) is 11.7. The van der Waals surface area contributed by atoms with Crippen molar-refractivity contribution in [1.82, 2.24) is 15.0 Å². The summed E-state index contributed by atoms with van der Waals surface area (Å²) in [5.41, 5.74) is 4.25. The number of benzene rings is 2. The zero-order valence-corrected chi connectivity index (χ0v) is 13.0. The van der Waals surface area contributed by atoms with E-state index in [0.717, 1.165) is 33.8 Å². The van der Waals surface area contributed by atoms with Gasteiger partial charge in [-0.25, -0.2) is 14.4 Å². The van der Waals surface area contributed by atoms with E-state index in [2.05, 4.69) is 15.0 Å². The fraction of sp³-hybridized carbons (Fsp3) is 0.0526. The van der Waals surface area contributed by atoms with Gasteiger partial charge in [-0.05, 0) is 48.0 Å². The number of nitrogens with zero attached hydrogens (tertiary/aromatic N) is 2. The van der Waals surface area contributed by atoms with E-state index in [1.807, 2.05) is 30.3 Å². The number of imidazole rings is 1. The number of H-pyrrole nitrogens is 1. The summed E-state index contributed by atoms with van der Waals surface area (Å²) >= 11 is 0. The predicted octanol–water partition coefficient (Wildman–Crippen LogP) is 4.44. The number of pyridine rings is 1. The second-order valence-electron chi connectivity index (χ2n) is 5.42. The van der Waals surface area contributed by atoms with Gasteiger partial charge in [-0.2, -0.15) is 0 Å². The molecule has 4 nitrogen and oxygen atoms in total. The van der Waals surface area contributed by atoms with Gasteiger partial charge in [-0.15, -0.1) is 0 Å². The quantitative estimate of drug-likeness (QED) is 0.607. The van der Waals surface area contributed by atoms with Gasteiger partial charge in [-0.3, -0.25) is 0 Å². The van der Waals surface area contributed by atoms with Crippen LogP contribution < -0.4 is 4.74 Å². The predicted molar refractivity (Wildman–Crippen MR) is 91.3 cm³/mol. The Morgan fingerprint density at radius 3 is 2.33 bits per heavy atom. The zero-order chi connectivity index (χ0) is 16.5. The Morgan fingerprint density at radius 1 is 0.917 bits per heavy atom. The number of aromatic amines is 1. The number of rotatable bonds is 3. The summed E-state index contributed by atoms with van der Waals surface area (Å²) in [4.78, 5) is 12.2. The van der Waals surface area contributed by atoms with Crippen LogP contribution in [0.2, 0.25) is 0 Å². The normalized spacial score (nSPS) is 10.9. The molecule has 0 atom stereocenters. The minimum Gasteiger partial charge on any atom is -0.497 e. The van der Waals surface area contributed by atoms with Crippen LogP contribution in [0.4, 0.5) is 4.39 Å². The Hall–Kier alpha value is -3.21. The molecular formula is C19H14FN3O. The fourth-order valence-corrected chi connectivity index (χ4v) is 2.59. The average molecular weight is 319 g/mol. The molecule has 4 aromatic rings. The SMILES string of the molecule is COc1ccc(-c2nc3ncc(-c4ccc(F)cc4)cc3[nH]2)cc1. The van der Waals surface area contributed by atoms with Gasteiger partial charge >= 0.3 is 0 Å². The second kappa shape index (κ2) is 5.77. The number of fused-ring (bicyclic) bond motifs is 1. The first-order valence-electron chi connectivity index (χ1n) is 7.49. The van der Waals surface area contributed by atoms with Crippen molar-refractivity contribution in [3.05, 3.63) is 66.6 Å². The van der Waals surface area contributed by atoms with Gasteiger partial charge in [0.1, 0.15) is 17.4 Å². The number of nitrogens with one attached hydrogen (secondary N) is 1. The third-order valence-corrected chi connectivity index (χ3v) is 3.88. The minimum atomic E-state index is -0.254. The Morgan fingerprint density at radius 2 is 1.62 bits per heavy atom. The van der Waals surface area contributed by atoms with Gasteiger partial charge in [-0.1, -0.05) is 12.1 Å². The highest BCUT2D eigenvalue weighted by Crippen LogP contribution is 2.25. The monoisotopic (exact) mass is 319 g/mol. The highest BCUT2D eigenvalue weighted by molar-refractivity contribution is 5.81. The molecular weight excluding hydrogens is 305 g/mol. The maximum atomic E-state index is 13.1. The lowest BCUT2D eigenvalue weighted by Crippen LogP contribution is -1.83. The maximum absolute atomic E-state index is 13.1. The summed E-state index contributed by atoms with van der Waals surface area (Å²) < 4.78 is 18.2. The fourth-order valence-electron chi connectivity index (χ4n) is 2.59. The molecule has 0 fully saturated rings. The molecule has 24 heavy (non-hydrogen) atoms. The number of hydrogen-bond donors (Lipinski definition) is 1. The third-order valence-electron chi connectivity index (χ3n) is 3.88. The highest BCUT2D eigenvalue weighted by Gasteiger charge is 2.08. The summed E-state index contributed by atoms with van der Waals surface area (Å²) in [5, 5.41) is 0. The first-order valence-corrected chi connectivity index (χ1v) is 7.49. The van der Waals surface area contributed by atoms with E-state index in [-0.39, 0.29) is 5.82 Å². The Labute approximate surface area is 138 Å². The summed E-state index contributed by atoms with van der Waals surface area (Å²) in [6.45, 7) is 0. The number of methoxy groups -OCH3 is 1. The van der Waals surface area contributed by atoms with Gasteiger partial charge in [0.05, 0.1) is 12.6 Å². The molecule has 0 spiro atoms. The molecule has 0 aliphatic rings. The van der Waals surface area contributed by atoms with E-state index in [0.29, 0.717) is 5.65 Å². The van der Waals surface area contributed by atoms with E-state index in [1.54, 1.807) is 25.4 Å². The Balaban J connectivity index is 1.73. The van der Waals surface area contributed by atoms with Gasteiger partial charge in [0, 0.05) is 17.3 Å². The second-order valence-corrected chi connectivity index (χ2v) is 5.42. The van der Waals surface area contributed by atoms with Crippen molar-refractivity contribution < 1.29 is 9.13 Å². The van der Waals surface area contributed by atoms with Crippen molar-refractivity contribution in [1.29, 1.82) is 0 Å². The minimum absolute atomic E-state index is 0.254. The van der Waals surface area contributed by atoms with Gasteiger partial charge < -0.3 is 9.72 Å². The van der Waals surface area contributed by atoms with Crippen LogP contribution >= 0.6 is 0 Å². The van der Waals surface area contributed by atoms with E-state index < -0.39 is 0 Å².